The van der Waals surface area contributed by atoms with Gasteiger partial charge in [0.25, 0.3) is 10.0 Å². The molecule has 0 atom stereocenters. The Bertz CT molecular complexity index is 1520. The van der Waals surface area contributed by atoms with Crippen molar-refractivity contribution in [3.05, 3.63) is 65.7 Å². The van der Waals surface area contributed by atoms with Gasteiger partial charge < -0.3 is 5.32 Å². The quantitative estimate of drug-likeness (QED) is 0.365. The third-order valence-corrected chi connectivity index (χ3v) is 7.19. The van der Waals surface area contributed by atoms with Crippen molar-refractivity contribution < 1.29 is 17.2 Å². The number of nitrogens with one attached hydrogen (secondary N) is 2. The Balaban J connectivity index is 1.50. The number of pyridine rings is 2. The van der Waals surface area contributed by atoms with E-state index in [2.05, 4.69) is 30.0 Å². The van der Waals surface area contributed by atoms with Gasteiger partial charge in [0.1, 0.15) is 28.4 Å². The second-order valence-electron chi connectivity index (χ2n) is 7.80. The molecule has 3 heterocycles. The van der Waals surface area contributed by atoms with E-state index in [0.29, 0.717) is 40.2 Å². The molecule has 1 aliphatic carbocycles. The average molecular weight is 503 g/mol. The second-order valence-corrected chi connectivity index (χ2v) is 9.81. The van der Waals surface area contributed by atoms with E-state index in [1.807, 2.05) is 0 Å². The molecule has 12 heteroatoms. The normalized spacial score (nSPS) is 14.1. The monoisotopic (exact) mass is 502 g/mol. The number of sulfonamides is 1. The number of anilines is 2. The lowest BCUT2D eigenvalue weighted by Gasteiger charge is -2.27. The Morgan fingerprint density at radius 2 is 1.85 bits per heavy atom. The summed E-state index contributed by atoms with van der Waals surface area (Å²) < 4.78 is 54.9. The standard InChI is InChI=1S/C22H17ClF2N6O2S/c23-21-18(31-34(32,33)19-7-4-13(24)9-15(19)25)8-12(10-26-21)16-5-6-17-20(30-16)22(28-11-27-17)29-14-2-1-3-14/h4-11,14,31H,1-3H2,(H,27,28,29). The van der Waals surface area contributed by atoms with Crippen LogP contribution in [0.15, 0.2) is 53.8 Å². The van der Waals surface area contributed by atoms with Crippen LogP contribution in [0, 0.1) is 11.6 Å². The molecule has 0 radical (unpaired) electrons. The van der Waals surface area contributed by atoms with Gasteiger partial charge in [0.15, 0.2) is 11.0 Å². The number of halogens is 3. The van der Waals surface area contributed by atoms with Crippen LogP contribution in [0.4, 0.5) is 20.3 Å². The first-order chi connectivity index (χ1) is 16.3. The highest BCUT2D eigenvalue weighted by atomic mass is 35.5. The molecule has 1 aromatic carbocycles. The molecule has 174 valence electrons. The third kappa shape index (κ3) is 4.36. The Labute approximate surface area is 198 Å². The number of aromatic nitrogens is 4. The lowest BCUT2D eigenvalue weighted by molar-refractivity contribution is 0.444. The topological polar surface area (TPSA) is 110 Å². The van der Waals surface area contributed by atoms with Gasteiger partial charge in [-0.2, -0.15) is 0 Å². The first-order valence-electron chi connectivity index (χ1n) is 10.3. The molecule has 4 aromatic rings. The van der Waals surface area contributed by atoms with Crippen molar-refractivity contribution in [3.8, 4) is 11.3 Å². The molecule has 0 spiro atoms. The fraction of sp³-hybridized carbons (Fsp3) is 0.182. The molecule has 1 saturated carbocycles. The zero-order valence-electron chi connectivity index (χ0n) is 17.5. The van der Waals surface area contributed by atoms with Gasteiger partial charge >= 0.3 is 0 Å². The van der Waals surface area contributed by atoms with Crippen LogP contribution in [-0.4, -0.2) is 34.4 Å². The minimum absolute atomic E-state index is 0.0816. The summed E-state index contributed by atoms with van der Waals surface area (Å²) in [4.78, 5) is 16.5. The summed E-state index contributed by atoms with van der Waals surface area (Å²) >= 11 is 6.10. The van der Waals surface area contributed by atoms with Crippen LogP contribution < -0.4 is 10.0 Å². The number of rotatable bonds is 6. The number of nitrogens with zero attached hydrogens (tertiary/aromatic N) is 4. The zero-order valence-corrected chi connectivity index (χ0v) is 19.0. The largest absolute Gasteiger partial charge is 0.365 e. The Hall–Kier alpha value is -3.44. The molecule has 3 aromatic heterocycles. The number of hydrogen-bond donors (Lipinski definition) is 2. The van der Waals surface area contributed by atoms with Gasteiger partial charge in [-0.1, -0.05) is 11.6 Å². The van der Waals surface area contributed by atoms with E-state index in [0.717, 1.165) is 31.4 Å². The third-order valence-electron chi connectivity index (χ3n) is 5.49. The smallest absolute Gasteiger partial charge is 0.264 e. The van der Waals surface area contributed by atoms with E-state index in [1.54, 1.807) is 12.1 Å². The number of fused-ring (bicyclic) bond motifs is 1. The zero-order chi connectivity index (χ0) is 23.9. The fourth-order valence-corrected chi connectivity index (χ4v) is 4.83. The van der Waals surface area contributed by atoms with E-state index in [-0.39, 0.29) is 10.8 Å². The van der Waals surface area contributed by atoms with Crippen molar-refractivity contribution in [2.75, 3.05) is 10.0 Å². The van der Waals surface area contributed by atoms with E-state index >= 15 is 0 Å². The molecule has 0 unspecified atom stereocenters. The second kappa shape index (κ2) is 8.73. The average Bonchev–Trinajstić information content (AvgIpc) is 2.77. The summed E-state index contributed by atoms with van der Waals surface area (Å²) in [5.41, 5.74) is 2.08. The van der Waals surface area contributed by atoms with Crippen LogP contribution in [-0.2, 0) is 10.0 Å². The molecule has 2 N–H and O–H groups in total. The van der Waals surface area contributed by atoms with Gasteiger partial charge in [-0.05, 0) is 49.6 Å². The molecule has 8 nitrogen and oxygen atoms in total. The Morgan fingerprint density at radius 1 is 1.03 bits per heavy atom. The highest BCUT2D eigenvalue weighted by molar-refractivity contribution is 7.92. The van der Waals surface area contributed by atoms with Crippen molar-refractivity contribution in [2.24, 2.45) is 0 Å². The fourth-order valence-electron chi connectivity index (χ4n) is 3.51. The highest BCUT2D eigenvalue weighted by Crippen LogP contribution is 2.31. The number of benzene rings is 1. The molecule has 1 aliphatic rings. The maximum atomic E-state index is 14.1. The van der Waals surface area contributed by atoms with Crippen LogP contribution in [0.1, 0.15) is 19.3 Å². The molecule has 0 bridgehead atoms. The highest BCUT2D eigenvalue weighted by Gasteiger charge is 2.22. The van der Waals surface area contributed by atoms with E-state index in [1.165, 1.54) is 18.6 Å². The van der Waals surface area contributed by atoms with Crippen LogP contribution in [0.3, 0.4) is 0 Å². The lowest BCUT2D eigenvalue weighted by atomic mass is 9.93. The summed E-state index contributed by atoms with van der Waals surface area (Å²) in [6.45, 7) is 0. The minimum Gasteiger partial charge on any atom is -0.365 e. The summed E-state index contributed by atoms with van der Waals surface area (Å²) in [5.74, 6) is -1.50. The molecule has 34 heavy (non-hydrogen) atoms. The summed E-state index contributed by atoms with van der Waals surface area (Å²) in [6, 6.07) is 7.44. The van der Waals surface area contributed by atoms with Gasteiger partial charge in [0.05, 0.1) is 16.9 Å². The lowest BCUT2D eigenvalue weighted by Crippen LogP contribution is -2.27. The van der Waals surface area contributed by atoms with Gasteiger partial charge in [-0.25, -0.2) is 37.1 Å². The van der Waals surface area contributed by atoms with Crippen LogP contribution >= 0.6 is 11.6 Å². The van der Waals surface area contributed by atoms with Gasteiger partial charge in [0.2, 0.25) is 0 Å². The van der Waals surface area contributed by atoms with Crippen molar-refractivity contribution >= 4 is 44.2 Å². The van der Waals surface area contributed by atoms with Crippen LogP contribution in [0.5, 0.6) is 0 Å². The first-order valence-corrected chi connectivity index (χ1v) is 12.2. The predicted octanol–water partition coefficient (Wildman–Crippen LogP) is 4.78. The van der Waals surface area contributed by atoms with Gasteiger partial charge in [-0.15, -0.1) is 0 Å². The van der Waals surface area contributed by atoms with E-state index < -0.39 is 26.6 Å². The van der Waals surface area contributed by atoms with E-state index in [9.17, 15) is 17.2 Å². The van der Waals surface area contributed by atoms with Crippen LogP contribution in [0.2, 0.25) is 5.15 Å². The maximum absolute atomic E-state index is 14.1. The van der Waals surface area contributed by atoms with Crippen molar-refractivity contribution in [3.63, 3.8) is 0 Å². The molecular weight excluding hydrogens is 486 g/mol. The molecule has 0 aliphatic heterocycles. The predicted molar refractivity (Wildman–Crippen MR) is 124 cm³/mol. The molecule has 0 saturated heterocycles. The summed E-state index contributed by atoms with van der Waals surface area (Å²) in [7, 11) is -4.40. The first kappa shape index (κ1) is 22.4. The molecule has 1 fully saturated rings. The minimum atomic E-state index is -4.40. The van der Waals surface area contributed by atoms with Gasteiger partial charge in [0, 0.05) is 23.9 Å². The van der Waals surface area contributed by atoms with E-state index in [4.69, 9.17) is 11.6 Å². The Morgan fingerprint density at radius 3 is 2.59 bits per heavy atom. The molecule has 0 amide bonds. The number of hydrogen-bond acceptors (Lipinski definition) is 7. The summed E-state index contributed by atoms with van der Waals surface area (Å²) in [5, 5.41) is 3.23. The SMILES string of the molecule is O=S(=O)(Nc1cc(-c2ccc3ncnc(NC4CCC4)c3n2)cnc1Cl)c1ccc(F)cc1F. The van der Waals surface area contributed by atoms with Gasteiger partial charge in [-0.3, -0.25) is 4.72 Å². The molecular formula is C22H17ClF2N6O2S. The molecule has 5 rings (SSSR count). The Kier molecular flexibility index (Phi) is 5.74. The van der Waals surface area contributed by atoms with Crippen LogP contribution in [0.25, 0.3) is 22.3 Å². The van der Waals surface area contributed by atoms with Crippen molar-refractivity contribution in [2.45, 2.75) is 30.2 Å². The van der Waals surface area contributed by atoms with Crippen molar-refractivity contribution in [1.29, 1.82) is 0 Å². The maximum Gasteiger partial charge on any atom is 0.264 e. The van der Waals surface area contributed by atoms with Crippen molar-refractivity contribution in [1.82, 2.24) is 19.9 Å². The summed E-state index contributed by atoms with van der Waals surface area (Å²) in [6.07, 6.45) is 6.19.